The van der Waals surface area contributed by atoms with Gasteiger partial charge in [0.1, 0.15) is 0 Å². The average molecular weight is 420 g/mol. The summed E-state index contributed by atoms with van der Waals surface area (Å²) in [5.41, 5.74) is 1.40. The number of aliphatic hydroxyl groups is 1. The van der Waals surface area contributed by atoms with Crippen molar-refractivity contribution in [3.8, 4) is 11.3 Å². The highest BCUT2D eigenvalue weighted by molar-refractivity contribution is 5.94. The molecular formula is C20H23F3N6O. The van der Waals surface area contributed by atoms with Crippen LogP contribution in [0, 0.1) is 6.92 Å². The molecule has 4 rings (SSSR count). The molecule has 1 aromatic carbocycles. The third kappa shape index (κ3) is 4.10. The van der Waals surface area contributed by atoms with Crippen LogP contribution in [0.3, 0.4) is 0 Å². The minimum Gasteiger partial charge on any atom is -0.395 e. The van der Waals surface area contributed by atoms with Crippen LogP contribution in [-0.4, -0.2) is 62.7 Å². The van der Waals surface area contributed by atoms with Crippen molar-refractivity contribution in [1.29, 1.82) is 0 Å². The first-order chi connectivity index (χ1) is 14.4. The van der Waals surface area contributed by atoms with Crippen LogP contribution in [0.1, 0.15) is 24.0 Å². The lowest BCUT2D eigenvalue weighted by Crippen LogP contribution is -2.43. The van der Waals surface area contributed by atoms with Crippen molar-refractivity contribution in [2.75, 3.05) is 31.6 Å². The van der Waals surface area contributed by atoms with Crippen LogP contribution in [0.5, 0.6) is 0 Å². The summed E-state index contributed by atoms with van der Waals surface area (Å²) in [5, 5.41) is 27.6. The van der Waals surface area contributed by atoms with Crippen molar-refractivity contribution in [2.24, 2.45) is 0 Å². The number of aromatic nitrogens is 4. The van der Waals surface area contributed by atoms with Gasteiger partial charge in [-0.05, 0) is 50.1 Å². The molecule has 160 valence electrons. The van der Waals surface area contributed by atoms with Crippen molar-refractivity contribution < 1.29 is 18.3 Å². The monoisotopic (exact) mass is 420 g/mol. The number of hydrogen-bond donors (Lipinski definition) is 3. The number of aromatic amines is 1. The number of β-amino-alcohol motifs (C(OH)–C–C–N with tert-alkyl or cyclic N) is 1. The normalized spacial score (nSPS) is 18.1. The van der Waals surface area contributed by atoms with Crippen molar-refractivity contribution in [3.63, 3.8) is 0 Å². The molecule has 0 amide bonds. The second kappa shape index (κ2) is 8.19. The average Bonchev–Trinajstić information content (AvgIpc) is 3.18. The second-order valence-electron chi connectivity index (χ2n) is 7.59. The van der Waals surface area contributed by atoms with E-state index >= 15 is 0 Å². The smallest absolute Gasteiger partial charge is 0.395 e. The third-order valence-electron chi connectivity index (χ3n) is 5.44. The van der Waals surface area contributed by atoms with Gasteiger partial charge in [-0.1, -0.05) is 0 Å². The zero-order valence-electron chi connectivity index (χ0n) is 16.5. The molecule has 1 atom stereocenters. The first-order valence-corrected chi connectivity index (χ1v) is 9.84. The molecule has 0 radical (unpaired) electrons. The fourth-order valence-electron chi connectivity index (χ4n) is 3.97. The Morgan fingerprint density at radius 1 is 1.30 bits per heavy atom. The van der Waals surface area contributed by atoms with Gasteiger partial charge in [0.25, 0.3) is 0 Å². The van der Waals surface area contributed by atoms with E-state index in [1.165, 1.54) is 12.3 Å². The number of alkyl halides is 3. The van der Waals surface area contributed by atoms with E-state index in [1.54, 1.807) is 0 Å². The van der Waals surface area contributed by atoms with E-state index < -0.39 is 11.7 Å². The summed E-state index contributed by atoms with van der Waals surface area (Å²) < 4.78 is 39.7. The Morgan fingerprint density at radius 2 is 2.13 bits per heavy atom. The zero-order chi connectivity index (χ0) is 21.3. The van der Waals surface area contributed by atoms with Crippen LogP contribution in [0.25, 0.3) is 22.2 Å². The lowest BCUT2D eigenvalue weighted by atomic mass is 10.0. The molecule has 0 bridgehead atoms. The number of aliphatic hydroxyl groups excluding tert-OH is 1. The van der Waals surface area contributed by atoms with Crippen LogP contribution < -0.4 is 5.32 Å². The van der Waals surface area contributed by atoms with Gasteiger partial charge in [0, 0.05) is 30.1 Å². The standard InChI is InChI=1S/C20H23F3N6O/c1-12-9-17(14-4-5-16(20(21,22)23)15-10-24-27-18(14)15)26-28-19(12)25-13-3-2-6-29(11-13)7-8-30/h4-5,9-10,13,30H,2-3,6-8,11H2,1H3,(H,24,27)(H,25,28)/t13-/m1/s1. The predicted molar refractivity (Wildman–Crippen MR) is 107 cm³/mol. The van der Waals surface area contributed by atoms with Crippen LogP contribution in [0.15, 0.2) is 24.4 Å². The molecule has 3 heterocycles. The van der Waals surface area contributed by atoms with Crippen molar-refractivity contribution in [3.05, 3.63) is 35.5 Å². The maximum atomic E-state index is 13.2. The maximum absolute atomic E-state index is 13.2. The van der Waals surface area contributed by atoms with Gasteiger partial charge in [-0.15, -0.1) is 10.2 Å². The lowest BCUT2D eigenvalue weighted by molar-refractivity contribution is -0.136. The largest absolute Gasteiger partial charge is 0.417 e. The molecule has 0 unspecified atom stereocenters. The highest BCUT2D eigenvalue weighted by atomic mass is 19.4. The number of aryl methyl sites for hydroxylation is 1. The van der Waals surface area contributed by atoms with E-state index in [0.717, 1.165) is 37.6 Å². The number of anilines is 1. The Bertz CT molecular complexity index is 1030. The van der Waals surface area contributed by atoms with Gasteiger partial charge in [0.15, 0.2) is 5.82 Å². The number of piperidine rings is 1. The fraction of sp³-hybridized carbons (Fsp3) is 0.450. The van der Waals surface area contributed by atoms with E-state index in [9.17, 15) is 13.2 Å². The number of likely N-dealkylation sites (tertiary alicyclic amines) is 1. The summed E-state index contributed by atoms with van der Waals surface area (Å²) in [6.45, 7) is 4.46. The van der Waals surface area contributed by atoms with E-state index in [2.05, 4.69) is 30.6 Å². The van der Waals surface area contributed by atoms with Gasteiger partial charge in [-0.2, -0.15) is 18.3 Å². The second-order valence-corrected chi connectivity index (χ2v) is 7.59. The van der Waals surface area contributed by atoms with E-state index in [-0.39, 0.29) is 23.6 Å². The molecule has 3 N–H and O–H groups in total. The highest BCUT2D eigenvalue weighted by Crippen LogP contribution is 2.37. The van der Waals surface area contributed by atoms with Gasteiger partial charge in [-0.25, -0.2) is 0 Å². The highest BCUT2D eigenvalue weighted by Gasteiger charge is 2.33. The number of fused-ring (bicyclic) bond motifs is 1. The molecule has 1 saturated heterocycles. The van der Waals surface area contributed by atoms with Crippen molar-refractivity contribution >= 4 is 16.7 Å². The Hall–Kier alpha value is -2.72. The molecule has 0 saturated carbocycles. The summed E-state index contributed by atoms with van der Waals surface area (Å²) in [4.78, 5) is 2.20. The fourth-order valence-corrected chi connectivity index (χ4v) is 3.97. The minimum absolute atomic E-state index is 0.00725. The molecular weight excluding hydrogens is 397 g/mol. The quantitative estimate of drug-likeness (QED) is 0.587. The number of rotatable bonds is 5. The molecule has 7 nitrogen and oxygen atoms in total. The Labute approximate surface area is 171 Å². The molecule has 3 aromatic rings. The molecule has 0 aliphatic carbocycles. The topological polar surface area (TPSA) is 90.0 Å². The Morgan fingerprint density at radius 3 is 2.87 bits per heavy atom. The summed E-state index contributed by atoms with van der Waals surface area (Å²) in [6.07, 6.45) is -1.25. The van der Waals surface area contributed by atoms with Crippen LogP contribution in [0.2, 0.25) is 0 Å². The molecule has 1 fully saturated rings. The molecule has 2 aromatic heterocycles. The van der Waals surface area contributed by atoms with Gasteiger partial charge >= 0.3 is 6.18 Å². The van der Waals surface area contributed by atoms with Crippen LogP contribution in [-0.2, 0) is 6.18 Å². The Kier molecular flexibility index (Phi) is 5.61. The number of hydrogen-bond acceptors (Lipinski definition) is 6. The summed E-state index contributed by atoms with van der Waals surface area (Å²) in [5.74, 6) is 0.655. The number of benzene rings is 1. The number of nitrogens with one attached hydrogen (secondary N) is 2. The number of halogens is 3. The summed E-state index contributed by atoms with van der Waals surface area (Å²) in [6, 6.07) is 4.46. The minimum atomic E-state index is -4.46. The van der Waals surface area contributed by atoms with Crippen LogP contribution in [0.4, 0.5) is 19.0 Å². The van der Waals surface area contributed by atoms with E-state index in [0.29, 0.717) is 23.6 Å². The maximum Gasteiger partial charge on any atom is 0.417 e. The molecule has 10 heteroatoms. The van der Waals surface area contributed by atoms with E-state index in [1.807, 2.05) is 13.0 Å². The van der Waals surface area contributed by atoms with Gasteiger partial charge < -0.3 is 10.4 Å². The lowest BCUT2D eigenvalue weighted by Gasteiger charge is -2.33. The molecule has 30 heavy (non-hydrogen) atoms. The first kappa shape index (κ1) is 20.5. The van der Waals surface area contributed by atoms with Gasteiger partial charge in [-0.3, -0.25) is 10.00 Å². The molecule has 0 spiro atoms. The summed E-state index contributed by atoms with van der Waals surface area (Å²) in [7, 11) is 0. The van der Waals surface area contributed by atoms with Crippen LogP contribution >= 0.6 is 0 Å². The molecule has 1 aliphatic rings. The van der Waals surface area contributed by atoms with E-state index in [4.69, 9.17) is 5.11 Å². The van der Waals surface area contributed by atoms with Crippen molar-refractivity contribution in [2.45, 2.75) is 32.0 Å². The number of nitrogens with zero attached hydrogens (tertiary/aromatic N) is 4. The summed E-state index contributed by atoms with van der Waals surface area (Å²) >= 11 is 0. The number of H-pyrrole nitrogens is 1. The van der Waals surface area contributed by atoms with Gasteiger partial charge in [0.05, 0.1) is 29.6 Å². The molecule has 1 aliphatic heterocycles. The first-order valence-electron chi connectivity index (χ1n) is 9.84. The van der Waals surface area contributed by atoms with Gasteiger partial charge in [0.2, 0.25) is 0 Å². The SMILES string of the molecule is Cc1cc(-c2ccc(C(F)(F)F)c3cn[nH]c23)nnc1N[C@@H]1CCCN(CCO)C1. The predicted octanol–water partition coefficient (Wildman–Crippen LogP) is 3.22. The third-order valence-corrected chi connectivity index (χ3v) is 5.44. The zero-order valence-corrected chi connectivity index (χ0v) is 16.5. The van der Waals surface area contributed by atoms with Crippen molar-refractivity contribution in [1.82, 2.24) is 25.3 Å². The Balaban J connectivity index is 1.59.